The van der Waals surface area contributed by atoms with Crippen molar-refractivity contribution in [1.82, 2.24) is 9.88 Å². The van der Waals surface area contributed by atoms with Crippen molar-refractivity contribution in [3.63, 3.8) is 0 Å². The molecule has 0 bridgehead atoms. The maximum Gasteiger partial charge on any atom is 0.325 e. The summed E-state index contributed by atoms with van der Waals surface area (Å²) in [7, 11) is 3.16. The number of aliphatic carboxylic acids is 1. The Morgan fingerprint density at radius 1 is 1.39 bits per heavy atom. The average Bonchev–Trinajstić information content (AvgIpc) is 2.36. The molecule has 5 heteroatoms. The van der Waals surface area contributed by atoms with Crippen molar-refractivity contribution < 1.29 is 9.90 Å². The molecule has 1 aromatic heterocycles. The normalized spacial score (nSPS) is 12.6. The highest BCUT2D eigenvalue weighted by Gasteiger charge is 2.22. The van der Waals surface area contributed by atoms with Gasteiger partial charge in [0.15, 0.2) is 0 Å². The number of para-hydroxylation sites is 1. The largest absolute Gasteiger partial charge is 0.480 e. The Balaban J connectivity index is 2.76. The molecule has 0 saturated carbocycles. The third-order valence-corrected chi connectivity index (χ3v) is 3.01. The molecule has 0 amide bonds. The first-order valence-corrected chi connectivity index (χ1v) is 5.55. The second-order valence-electron chi connectivity index (χ2n) is 4.08. The van der Waals surface area contributed by atoms with Crippen LogP contribution in [0.1, 0.15) is 11.6 Å². The molecule has 2 rings (SSSR count). The molecule has 0 fully saturated rings. The van der Waals surface area contributed by atoms with Crippen LogP contribution in [0.3, 0.4) is 0 Å². The fourth-order valence-electron chi connectivity index (χ4n) is 2.07. The van der Waals surface area contributed by atoms with Crippen LogP contribution < -0.4 is 10.9 Å². The van der Waals surface area contributed by atoms with Crippen molar-refractivity contribution in [2.45, 2.75) is 6.04 Å². The van der Waals surface area contributed by atoms with E-state index in [9.17, 15) is 9.59 Å². The van der Waals surface area contributed by atoms with Crippen LogP contribution in [-0.4, -0.2) is 22.7 Å². The summed E-state index contributed by atoms with van der Waals surface area (Å²) in [5.74, 6) is -1.06. The Labute approximate surface area is 104 Å². The summed E-state index contributed by atoms with van der Waals surface area (Å²) in [5, 5.41) is 12.6. The van der Waals surface area contributed by atoms with E-state index in [4.69, 9.17) is 5.11 Å². The summed E-state index contributed by atoms with van der Waals surface area (Å²) in [6, 6.07) is 8.02. The smallest absolute Gasteiger partial charge is 0.325 e. The van der Waals surface area contributed by atoms with E-state index in [-0.39, 0.29) is 11.1 Å². The van der Waals surface area contributed by atoms with Crippen molar-refractivity contribution >= 4 is 16.9 Å². The number of benzene rings is 1. The quantitative estimate of drug-likeness (QED) is 0.843. The number of hydrogen-bond donors (Lipinski definition) is 2. The van der Waals surface area contributed by atoms with Crippen LogP contribution in [0.4, 0.5) is 0 Å². The zero-order chi connectivity index (χ0) is 13.3. The zero-order valence-corrected chi connectivity index (χ0v) is 10.2. The first-order valence-electron chi connectivity index (χ1n) is 5.55. The number of pyridine rings is 1. The molecule has 0 radical (unpaired) electrons. The highest BCUT2D eigenvalue weighted by molar-refractivity contribution is 5.82. The van der Waals surface area contributed by atoms with Gasteiger partial charge in [0.25, 0.3) is 5.56 Å². The van der Waals surface area contributed by atoms with Crippen molar-refractivity contribution in [2.24, 2.45) is 7.05 Å². The van der Waals surface area contributed by atoms with Gasteiger partial charge in [-0.05, 0) is 24.6 Å². The van der Waals surface area contributed by atoms with Crippen LogP contribution in [0.25, 0.3) is 10.9 Å². The molecule has 0 spiro atoms. The fraction of sp³-hybridized carbons (Fsp3) is 0.231. The van der Waals surface area contributed by atoms with E-state index in [0.29, 0.717) is 0 Å². The zero-order valence-electron chi connectivity index (χ0n) is 10.2. The molecule has 1 unspecified atom stereocenters. The summed E-state index contributed by atoms with van der Waals surface area (Å²) in [6.07, 6.45) is 0. The van der Waals surface area contributed by atoms with Gasteiger partial charge in [-0.2, -0.15) is 0 Å². The van der Waals surface area contributed by atoms with E-state index < -0.39 is 12.0 Å². The second kappa shape index (κ2) is 4.62. The van der Waals surface area contributed by atoms with Gasteiger partial charge in [0.1, 0.15) is 6.04 Å². The minimum absolute atomic E-state index is 0.242. The molecule has 1 heterocycles. The van der Waals surface area contributed by atoms with Gasteiger partial charge in [-0.15, -0.1) is 0 Å². The molecule has 94 valence electrons. The number of nitrogens with one attached hydrogen (secondary N) is 1. The molecule has 2 N–H and O–H groups in total. The monoisotopic (exact) mass is 246 g/mol. The number of carboxylic acid groups (broad SMARTS) is 1. The lowest BCUT2D eigenvalue weighted by atomic mass is 10.1. The molecule has 1 aromatic carbocycles. The number of aromatic nitrogens is 1. The maximum absolute atomic E-state index is 12.1. The van der Waals surface area contributed by atoms with Crippen molar-refractivity contribution in [3.8, 4) is 0 Å². The van der Waals surface area contributed by atoms with Gasteiger partial charge in [-0.3, -0.25) is 9.59 Å². The summed E-state index contributed by atoms with van der Waals surface area (Å²) >= 11 is 0. The topological polar surface area (TPSA) is 71.3 Å². The SMILES string of the molecule is CNC(C(=O)O)c1cc2ccccc2n(C)c1=O. The lowest BCUT2D eigenvalue weighted by Crippen LogP contribution is -2.33. The molecule has 2 aromatic rings. The standard InChI is InChI=1S/C13H14N2O3/c1-14-11(13(17)18)9-7-8-5-3-4-6-10(8)15(2)12(9)16/h3-7,11,14H,1-2H3,(H,17,18). The predicted molar refractivity (Wildman–Crippen MR) is 68.6 cm³/mol. The Morgan fingerprint density at radius 3 is 2.67 bits per heavy atom. The number of rotatable bonds is 3. The van der Waals surface area contributed by atoms with Gasteiger partial charge in [0.2, 0.25) is 0 Å². The lowest BCUT2D eigenvalue weighted by molar-refractivity contribution is -0.139. The Bertz CT molecular complexity index is 661. The van der Waals surface area contributed by atoms with Crippen LogP contribution in [0.5, 0.6) is 0 Å². The van der Waals surface area contributed by atoms with Gasteiger partial charge in [-0.1, -0.05) is 18.2 Å². The summed E-state index contributed by atoms with van der Waals surface area (Å²) < 4.78 is 1.47. The minimum Gasteiger partial charge on any atom is -0.480 e. The molecular formula is C13H14N2O3. The molecule has 1 atom stereocenters. The Morgan fingerprint density at radius 2 is 2.06 bits per heavy atom. The van der Waals surface area contributed by atoms with E-state index in [1.807, 2.05) is 24.3 Å². The number of fused-ring (bicyclic) bond motifs is 1. The lowest BCUT2D eigenvalue weighted by Gasteiger charge is -2.14. The van der Waals surface area contributed by atoms with Crippen LogP contribution in [0.2, 0.25) is 0 Å². The van der Waals surface area contributed by atoms with Crippen LogP contribution in [0, 0.1) is 0 Å². The molecular weight excluding hydrogens is 232 g/mol. The van der Waals surface area contributed by atoms with Gasteiger partial charge in [0, 0.05) is 12.6 Å². The van der Waals surface area contributed by atoms with Crippen LogP contribution in [0.15, 0.2) is 35.1 Å². The highest BCUT2D eigenvalue weighted by atomic mass is 16.4. The van der Waals surface area contributed by atoms with Gasteiger partial charge < -0.3 is 15.0 Å². The molecule has 5 nitrogen and oxygen atoms in total. The van der Waals surface area contributed by atoms with Crippen LogP contribution in [-0.2, 0) is 11.8 Å². The van der Waals surface area contributed by atoms with Crippen molar-refractivity contribution in [2.75, 3.05) is 7.05 Å². The molecule has 0 aliphatic heterocycles. The maximum atomic E-state index is 12.1. The predicted octanol–water partition coefficient (Wildman–Crippen LogP) is 0.884. The number of likely N-dealkylation sites (N-methyl/N-ethyl adjacent to an activating group) is 1. The third kappa shape index (κ3) is 1.89. The van der Waals surface area contributed by atoms with Crippen LogP contribution >= 0.6 is 0 Å². The van der Waals surface area contributed by atoms with E-state index in [2.05, 4.69) is 5.32 Å². The summed E-state index contributed by atoms with van der Waals surface area (Å²) in [4.78, 5) is 23.3. The van der Waals surface area contributed by atoms with E-state index in [0.717, 1.165) is 10.9 Å². The van der Waals surface area contributed by atoms with E-state index >= 15 is 0 Å². The number of nitrogens with zero attached hydrogens (tertiary/aromatic N) is 1. The van der Waals surface area contributed by atoms with Gasteiger partial charge in [-0.25, -0.2) is 0 Å². The Hall–Kier alpha value is -2.14. The average molecular weight is 246 g/mol. The van der Waals surface area contributed by atoms with Gasteiger partial charge >= 0.3 is 5.97 Å². The number of carbonyl (C=O) groups is 1. The fourth-order valence-corrected chi connectivity index (χ4v) is 2.07. The number of aryl methyl sites for hydroxylation is 1. The first kappa shape index (κ1) is 12.3. The molecule has 0 aliphatic rings. The highest BCUT2D eigenvalue weighted by Crippen LogP contribution is 2.16. The second-order valence-corrected chi connectivity index (χ2v) is 4.08. The molecule has 18 heavy (non-hydrogen) atoms. The first-order chi connectivity index (χ1) is 8.56. The van der Waals surface area contributed by atoms with Crippen molar-refractivity contribution in [3.05, 3.63) is 46.2 Å². The summed E-state index contributed by atoms with van der Waals surface area (Å²) in [5.41, 5.74) is 0.730. The van der Waals surface area contributed by atoms with E-state index in [1.54, 1.807) is 13.1 Å². The third-order valence-electron chi connectivity index (χ3n) is 3.01. The Kier molecular flexibility index (Phi) is 3.16. The van der Waals surface area contributed by atoms with Crippen molar-refractivity contribution in [1.29, 1.82) is 0 Å². The van der Waals surface area contributed by atoms with E-state index in [1.165, 1.54) is 11.6 Å². The molecule has 0 aliphatic carbocycles. The summed E-state index contributed by atoms with van der Waals surface area (Å²) in [6.45, 7) is 0. The number of hydrogen-bond acceptors (Lipinski definition) is 3. The minimum atomic E-state index is -1.06. The van der Waals surface area contributed by atoms with Gasteiger partial charge in [0.05, 0.1) is 5.52 Å². The number of carboxylic acids is 1. The molecule has 0 saturated heterocycles.